The monoisotopic (exact) mass is 304 g/mol. The average molecular weight is 304 g/mol. The number of hydrogen-bond donors (Lipinski definition) is 1. The van der Waals surface area contributed by atoms with Crippen LogP contribution in [0.25, 0.3) is 0 Å². The Bertz CT molecular complexity index is 523. The molecule has 0 aliphatic heterocycles. The molecule has 0 heterocycles. The van der Waals surface area contributed by atoms with Crippen molar-refractivity contribution >= 4 is 11.6 Å². The van der Waals surface area contributed by atoms with E-state index in [0.29, 0.717) is 30.1 Å². The van der Waals surface area contributed by atoms with Crippen molar-refractivity contribution in [2.24, 2.45) is 35.0 Å². The van der Waals surface area contributed by atoms with Crippen LogP contribution in [-0.2, 0) is 9.59 Å². The van der Waals surface area contributed by atoms with E-state index in [1.807, 2.05) is 6.92 Å². The number of Topliss-reactive ketones (excluding diaryl/α,β-unsaturated/α-hetero) is 2. The molecule has 0 aromatic rings. The Balaban J connectivity index is 1.62. The Kier molecular flexibility index (Phi) is 3.15. The summed E-state index contributed by atoms with van der Waals surface area (Å²) in [5, 5.41) is 10.8. The van der Waals surface area contributed by atoms with E-state index in [-0.39, 0.29) is 22.9 Å². The molecular formula is C19H28O3. The fourth-order valence-corrected chi connectivity index (χ4v) is 6.76. The minimum atomic E-state index is -0.530. The van der Waals surface area contributed by atoms with Crippen molar-refractivity contribution in [2.75, 3.05) is 0 Å². The van der Waals surface area contributed by atoms with Crippen molar-refractivity contribution in [2.45, 2.75) is 70.8 Å². The van der Waals surface area contributed by atoms with Gasteiger partial charge in [0.05, 0.1) is 5.60 Å². The topological polar surface area (TPSA) is 54.4 Å². The molecule has 3 heteroatoms. The molecule has 3 nitrogen and oxygen atoms in total. The van der Waals surface area contributed by atoms with Crippen LogP contribution in [0.15, 0.2) is 0 Å². The van der Waals surface area contributed by atoms with Crippen molar-refractivity contribution in [3.63, 3.8) is 0 Å². The van der Waals surface area contributed by atoms with Gasteiger partial charge in [0.25, 0.3) is 0 Å². The zero-order chi connectivity index (χ0) is 15.7. The zero-order valence-electron chi connectivity index (χ0n) is 13.8. The Morgan fingerprint density at radius 3 is 2.45 bits per heavy atom. The highest BCUT2D eigenvalue weighted by Crippen LogP contribution is 2.64. The van der Waals surface area contributed by atoms with Gasteiger partial charge in [0.15, 0.2) is 5.78 Å². The summed E-state index contributed by atoms with van der Waals surface area (Å²) in [6.45, 7) is 4.32. The second-order valence-corrected chi connectivity index (χ2v) is 8.88. The van der Waals surface area contributed by atoms with E-state index in [0.717, 1.165) is 44.9 Å². The van der Waals surface area contributed by atoms with Gasteiger partial charge < -0.3 is 5.11 Å². The van der Waals surface area contributed by atoms with Crippen LogP contribution in [-0.4, -0.2) is 22.3 Å². The minimum absolute atomic E-state index is 0.0220. The summed E-state index contributed by atoms with van der Waals surface area (Å²) in [4.78, 5) is 24.0. The maximum Gasteiger partial charge on any atom is 0.201 e. The van der Waals surface area contributed by atoms with Gasteiger partial charge in [-0.2, -0.15) is 0 Å². The molecule has 0 amide bonds. The maximum absolute atomic E-state index is 12.2. The van der Waals surface area contributed by atoms with Gasteiger partial charge in [-0.25, -0.2) is 0 Å². The Labute approximate surface area is 132 Å². The summed E-state index contributed by atoms with van der Waals surface area (Å²) in [7, 11) is 0. The molecule has 0 spiro atoms. The summed E-state index contributed by atoms with van der Waals surface area (Å²) >= 11 is 0. The number of carbonyl (C=O) groups is 2. The van der Waals surface area contributed by atoms with E-state index in [2.05, 4.69) is 6.92 Å². The third-order valence-corrected chi connectivity index (χ3v) is 8.25. The lowest BCUT2D eigenvalue weighted by atomic mass is 9.49. The number of carbonyl (C=O) groups excluding carboxylic acids is 2. The van der Waals surface area contributed by atoms with Gasteiger partial charge in [0, 0.05) is 12.3 Å². The van der Waals surface area contributed by atoms with E-state index in [1.165, 1.54) is 0 Å². The summed E-state index contributed by atoms with van der Waals surface area (Å²) in [5.41, 5.74) is -0.479. The average Bonchev–Trinajstić information content (AvgIpc) is 2.73. The lowest BCUT2D eigenvalue weighted by Crippen LogP contribution is -2.54. The highest BCUT2D eigenvalue weighted by Gasteiger charge is 2.61. The molecular weight excluding hydrogens is 276 g/mol. The molecule has 4 aliphatic carbocycles. The van der Waals surface area contributed by atoms with Crippen LogP contribution in [0.1, 0.15) is 65.2 Å². The van der Waals surface area contributed by atoms with Gasteiger partial charge in [-0.3, -0.25) is 9.59 Å². The lowest BCUT2D eigenvalue weighted by molar-refractivity contribution is -0.151. The second kappa shape index (κ2) is 4.66. The van der Waals surface area contributed by atoms with E-state index in [9.17, 15) is 14.7 Å². The Morgan fingerprint density at radius 2 is 1.68 bits per heavy atom. The minimum Gasteiger partial charge on any atom is -0.390 e. The van der Waals surface area contributed by atoms with Crippen molar-refractivity contribution in [1.82, 2.24) is 0 Å². The number of fused-ring (bicyclic) bond motifs is 5. The molecule has 7 atom stereocenters. The predicted molar refractivity (Wildman–Crippen MR) is 83.1 cm³/mol. The summed E-state index contributed by atoms with van der Waals surface area (Å²) in [5.74, 6) is 2.16. The second-order valence-electron chi connectivity index (χ2n) is 8.88. The summed E-state index contributed by atoms with van der Waals surface area (Å²) in [6.07, 6.45) is 7.66. The number of ketones is 2. The summed E-state index contributed by atoms with van der Waals surface area (Å²) < 4.78 is 0. The van der Waals surface area contributed by atoms with Gasteiger partial charge in [0.2, 0.25) is 5.78 Å². The van der Waals surface area contributed by atoms with Crippen LogP contribution in [0, 0.1) is 35.0 Å². The Hall–Kier alpha value is -0.700. The van der Waals surface area contributed by atoms with Crippen LogP contribution in [0.3, 0.4) is 0 Å². The molecule has 4 fully saturated rings. The van der Waals surface area contributed by atoms with Crippen LogP contribution in [0.2, 0.25) is 0 Å². The lowest BCUT2D eigenvalue weighted by Gasteiger charge is -2.56. The van der Waals surface area contributed by atoms with Crippen LogP contribution in [0.5, 0.6) is 0 Å². The molecule has 4 saturated carbocycles. The third kappa shape index (κ3) is 1.78. The smallest absolute Gasteiger partial charge is 0.201 e. The largest absolute Gasteiger partial charge is 0.390 e. The SMILES string of the molecule is C[C@]1(O)CC[C@H]2[C@@H]3CCC4C(=O)C(=O)CC[C@@H]4[C@H]3CC[C@@]21C. The molecule has 1 unspecified atom stereocenters. The Morgan fingerprint density at radius 1 is 0.909 bits per heavy atom. The van der Waals surface area contributed by atoms with Crippen molar-refractivity contribution in [3.8, 4) is 0 Å². The van der Waals surface area contributed by atoms with Crippen molar-refractivity contribution in [1.29, 1.82) is 0 Å². The number of hydrogen-bond acceptors (Lipinski definition) is 3. The maximum atomic E-state index is 12.2. The van der Waals surface area contributed by atoms with Crippen LogP contribution in [0.4, 0.5) is 0 Å². The van der Waals surface area contributed by atoms with Gasteiger partial charge >= 0.3 is 0 Å². The molecule has 0 aromatic carbocycles. The molecule has 4 rings (SSSR count). The van der Waals surface area contributed by atoms with Crippen molar-refractivity contribution in [3.05, 3.63) is 0 Å². The van der Waals surface area contributed by atoms with E-state index in [4.69, 9.17) is 0 Å². The van der Waals surface area contributed by atoms with E-state index < -0.39 is 5.60 Å². The van der Waals surface area contributed by atoms with Gasteiger partial charge in [-0.15, -0.1) is 0 Å². The zero-order valence-corrected chi connectivity index (χ0v) is 13.8. The van der Waals surface area contributed by atoms with Gasteiger partial charge in [-0.1, -0.05) is 6.92 Å². The van der Waals surface area contributed by atoms with Crippen molar-refractivity contribution < 1.29 is 14.7 Å². The first-order valence-electron chi connectivity index (χ1n) is 9.14. The molecule has 1 N–H and O–H groups in total. The first-order chi connectivity index (χ1) is 10.3. The van der Waals surface area contributed by atoms with Crippen LogP contribution >= 0.6 is 0 Å². The molecule has 122 valence electrons. The standard InChI is InChI=1S/C19H28O3/c1-18-9-7-12-11-5-6-16(20)17(21)14(11)4-3-13(12)15(18)8-10-19(18,2)22/h11-15,22H,3-10H2,1-2H3/t11-,12-,13-,14?,15+,18+,19+/m1/s1. The highest BCUT2D eigenvalue weighted by atomic mass is 16.3. The third-order valence-electron chi connectivity index (χ3n) is 8.25. The predicted octanol–water partition coefficient (Wildman–Crippen LogP) is 3.14. The highest BCUT2D eigenvalue weighted by molar-refractivity contribution is 6.38. The number of rotatable bonds is 0. The molecule has 0 saturated heterocycles. The first-order valence-corrected chi connectivity index (χ1v) is 9.14. The summed E-state index contributed by atoms with van der Waals surface area (Å²) in [6, 6.07) is 0. The quantitative estimate of drug-likeness (QED) is 0.700. The van der Waals surface area contributed by atoms with E-state index >= 15 is 0 Å². The molecule has 0 radical (unpaired) electrons. The van der Waals surface area contributed by atoms with Gasteiger partial charge in [0.1, 0.15) is 0 Å². The fraction of sp³-hybridized carbons (Fsp3) is 0.895. The first kappa shape index (κ1) is 14.9. The molecule has 4 aliphatic rings. The normalized spacial score (nSPS) is 54.6. The molecule has 0 aromatic heterocycles. The fourth-order valence-electron chi connectivity index (χ4n) is 6.76. The van der Waals surface area contributed by atoms with Gasteiger partial charge in [-0.05, 0) is 81.0 Å². The number of aliphatic hydroxyl groups is 1. The van der Waals surface area contributed by atoms with Crippen LogP contribution < -0.4 is 0 Å². The molecule has 22 heavy (non-hydrogen) atoms. The van der Waals surface area contributed by atoms with E-state index in [1.54, 1.807) is 0 Å². The molecule has 0 bridgehead atoms.